The van der Waals surface area contributed by atoms with Crippen molar-refractivity contribution in [2.75, 3.05) is 11.9 Å². The lowest BCUT2D eigenvalue weighted by atomic mass is 10.1. The monoisotopic (exact) mass is 291 g/mol. The van der Waals surface area contributed by atoms with E-state index in [0.717, 1.165) is 6.42 Å². The fourth-order valence-electron chi connectivity index (χ4n) is 2.41. The van der Waals surface area contributed by atoms with Gasteiger partial charge in [0.2, 0.25) is 0 Å². The van der Waals surface area contributed by atoms with E-state index in [1.807, 2.05) is 13.8 Å². The Bertz CT molecular complexity index is 541. The van der Waals surface area contributed by atoms with E-state index in [-0.39, 0.29) is 23.2 Å². The molecular formula is C15H21N3O3. The lowest BCUT2D eigenvalue weighted by Crippen LogP contribution is -2.33. The highest BCUT2D eigenvalue weighted by molar-refractivity contribution is 5.99. The second-order valence-corrected chi connectivity index (χ2v) is 5.57. The summed E-state index contributed by atoms with van der Waals surface area (Å²) in [5, 5.41) is 17.0. The third kappa shape index (κ3) is 4.18. The summed E-state index contributed by atoms with van der Waals surface area (Å²) in [6.45, 7) is 4.56. The van der Waals surface area contributed by atoms with Gasteiger partial charge in [0.15, 0.2) is 0 Å². The highest BCUT2D eigenvalue weighted by Crippen LogP contribution is 2.33. The molecule has 1 fully saturated rings. The maximum atomic E-state index is 12.3. The quantitative estimate of drug-likeness (QED) is 0.597. The van der Waals surface area contributed by atoms with Crippen molar-refractivity contribution in [2.45, 2.75) is 39.2 Å². The molecule has 0 aromatic heterocycles. The maximum Gasteiger partial charge on any atom is 0.282 e. The van der Waals surface area contributed by atoms with E-state index in [1.165, 1.54) is 18.9 Å². The number of nitrogens with zero attached hydrogens (tertiary/aromatic N) is 1. The number of anilines is 1. The molecule has 114 valence electrons. The standard InChI is InChI=1S/C15H21N3O3/c1-3-16-12-6-7-14(18(20)21)13(9-12)15(19)17-10(2)8-11-4-5-11/h6-7,9-11,16H,3-5,8H2,1-2H3,(H,17,19). The van der Waals surface area contributed by atoms with Gasteiger partial charge >= 0.3 is 0 Å². The molecule has 0 aliphatic heterocycles. The number of nitrogens with one attached hydrogen (secondary N) is 2. The van der Waals surface area contributed by atoms with Crippen LogP contribution in [0.1, 0.15) is 43.5 Å². The first kappa shape index (κ1) is 15.3. The normalized spacial score (nSPS) is 15.3. The Morgan fingerprint density at radius 2 is 2.19 bits per heavy atom. The van der Waals surface area contributed by atoms with Crippen LogP contribution in [-0.2, 0) is 0 Å². The van der Waals surface area contributed by atoms with Gasteiger partial charge in [0.1, 0.15) is 5.56 Å². The second-order valence-electron chi connectivity index (χ2n) is 5.57. The molecule has 1 aromatic rings. The number of rotatable bonds is 7. The fourth-order valence-corrected chi connectivity index (χ4v) is 2.41. The molecule has 0 bridgehead atoms. The van der Waals surface area contributed by atoms with Gasteiger partial charge in [-0.1, -0.05) is 12.8 Å². The van der Waals surface area contributed by atoms with E-state index in [0.29, 0.717) is 18.2 Å². The maximum absolute atomic E-state index is 12.3. The van der Waals surface area contributed by atoms with Crippen molar-refractivity contribution < 1.29 is 9.72 Å². The Morgan fingerprint density at radius 3 is 2.76 bits per heavy atom. The largest absolute Gasteiger partial charge is 0.385 e. The van der Waals surface area contributed by atoms with Gasteiger partial charge in [-0.05, 0) is 38.3 Å². The molecule has 0 saturated heterocycles. The van der Waals surface area contributed by atoms with E-state index in [1.54, 1.807) is 12.1 Å². The van der Waals surface area contributed by atoms with E-state index in [4.69, 9.17) is 0 Å². The molecule has 0 heterocycles. The van der Waals surface area contributed by atoms with Crippen LogP contribution in [0.5, 0.6) is 0 Å². The molecule has 1 amide bonds. The lowest BCUT2D eigenvalue weighted by Gasteiger charge is -2.14. The highest BCUT2D eigenvalue weighted by atomic mass is 16.6. The van der Waals surface area contributed by atoms with Crippen LogP contribution in [0, 0.1) is 16.0 Å². The molecule has 1 aromatic carbocycles. The fraction of sp³-hybridized carbons (Fsp3) is 0.533. The van der Waals surface area contributed by atoms with Crippen LogP contribution < -0.4 is 10.6 Å². The predicted octanol–water partition coefficient (Wildman–Crippen LogP) is 2.95. The zero-order valence-electron chi connectivity index (χ0n) is 12.4. The molecule has 0 radical (unpaired) electrons. The van der Waals surface area contributed by atoms with Crippen molar-refractivity contribution in [1.82, 2.24) is 5.32 Å². The minimum atomic E-state index is -0.518. The van der Waals surface area contributed by atoms with Gasteiger partial charge in [0.25, 0.3) is 11.6 Å². The van der Waals surface area contributed by atoms with Gasteiger partial charge in [0, 0.05) is 24.3 Å². The van der Waals surface area contributed by atoms with Crippen LogP contribution in [0.25, 0.3) is 0 Å². The van der Waals surface area contributed by atoms with Crippen molar-refractivity contribution in [2.24, 2.45) is 5.92 Å². The molecular weight excluding hydrogens is 270 g/mol. The zero-order valence-corrected chi connectivity index (χ0v) is 12.4. The number of hydrogen-bond acceptors (Lipinski definition) is 4. The second kappa shape index (κ2) is 6.56. The summed E-state index contributed by atoms with van der Waals surface area (Å²) in [5.41, 5.74) is 0.664. The van der Waals surface area contributed by atoms with Gasteiger partial charge in [0.05, 0.1) is 4.92 Å². The molecule has 1 atom stereocenters. The summed E-state index contributed by atoms with van der Waals surface area (Å²) in [4.78, 5) is 22.9. The minimum Gasteiger partial charge on any atom is -0.385 e. The van der Waals surface area contributed by atoms with Crippen molar-refractivity contribution in [3.8, 4) is 0 Å². The topological polar surface area (TPSA) is 84.3 Å². The minimum absolute atomic E-state index is 0.0346. The SMILES string of the molecule is CCNc1ccc([N+](=O)[O-])c(C(=O)NC(C)CC2CC2)c1. The first-order valence-corrected chi connectivity index (χ1v) is 7.34. The van der Waals surface area contributed by atoms with Gasteiger partial charge in [-0.15, -0.1) is 0 Å². The Morgan fingerprint density at radius 1 is 1.48 bits per heavy atom. The zero-order chi connectivity index (χ0) is 15.4. The summed E-state index contributed by atoms with van der Waals surface area (Å²) < 4.78 is 0. The smallest absolute Gasteiger partial charge is 0.282 e. The van der Waals surface area contributed by atoms with Crippen molar-refractivity contribution in [3.05, 3.63) is 33.9 Å². The molecule has 1 unspecified atom stereocenters. The Labute approximate surface area is 124 Å². The van der Waals surface area contributed by atoms with Crippen LogP contribution in [0.2, 0.25) is 0 Å². The summed E-state index contributed by atoms with van der Waals surface area (Å²) in [7, 11) is 0. The van der Waals surface area contributed by atoms with E-state index in [9.17, 15) is 14.9 Å². The predicted molar refractivity (Wildman–Crippen MR) is 81.5 cm³/mol. The van der Waals surface area contributed by atoms with E-state index < -0.39 is 4.92 Å². The van der Waals surface area contributed by atoms with Gasteiger partial charge in [-0.25, -0.2) is 0 Å². The van der Waals surface area contributed by atoms with Crippen molar-refractivity contribution >= 4 is 17.3 Å². The van der Waals surface area contributed by atoms with Crippen LogP contribution in [0.15, 0.2) is 18.2 Å². The number of carbonyl (C=O) groups is 1. The lowest BCUT2D eigenvalue weighted by molar-refractivity contribution is -0.385. The number of nitro groups is 1. The van der Waals surface area contributed by atoms with Gasteiger partial charge < -0.3 is 10.6 Å². The first-order chi connectivity index (χ1) is 10.0. The first-order valence-electron chi connectivity index (χ1n) is 7.34. The van der Waals surface area contributed by atoms with Crippen LogP contribution in [0.4, 0.5) is 11.4 Å². The Balaban J connectivity index is 2.15. The molecule has 1 saturated carbocycles. The van der Waals surface area contributed by atoms with Crippen molar-refractivity contribution in [1.29, 1.82) is 0 Å². The van der Waals surface area contributed by atoms with Gasteiger partial charge in [-0.2, -0.15) is 0 Å². The molecule has 21 heavy (non-hydrogen) atoms. The van der Waals surface area contributed by atoms with E-state index >= 15 is 0 Å². The summed E-state index contributed by atoms with van der Waals surface area (Å²) >= 11 is 0. The Hall–Kier alpha value is -2.11. The molecule has 6 nitrogen and oxygen atoms in total. The average molecular weight is 291 g/mol. The molecule has 2 N–H and O–H groups in total. The number of nitro benzene ring substituents is 1. The van der Waals surface area contributed by atoms with Crippen LogP contribution >= 0.6 is 0 Å². The highest BCUT2D eigenvalue weighted by Gasteiger charge is 2.26. The number of benzene rings is 1. The Kier molecular flexibility index (Phi) is 4.77. The number of hydrogen-bond donors (Lipinski definition) is 2. The molecule has 1 aliphatic rings. The molecule has 6 heteroatoms. The van der Waals surface area contributed by atoms with Crippen molar-refractivity contribution in [3.63, 3.8) is 0 Å². The molecule has 1 aliphatic carbocycles. The third-order valence-electron chi connectivity index (χ3n) is 3.58. The molecule has 2 rings (SSSR count). The van der Waals surface area contributed by atoms with Crippen LogP contribution in [-0.4, -0.2) is 23.4 Å². The molecule has 0 spiro atoms. The summed E-state index contributed by atoms with van der Waals surface area (Å²) in [6, 6.07) is 4.57. The third-order valence-corrected chi connectivity index (χ3v) is 3.58. The summed E-state index contributed by atoms with van der Waals surface area (Å²) in [6.07, 6.45) is 3.37. The average Bonchev–Trinajstić information content (AvgIpc) is 3.22. The number of carbonyl (C=O) groups excluding carboxylic acids is 1. The van der Waals surface area contributed by atoms with Gasteiger partial charge in [-0.3, -0.25) is 14.9 Å². The van der Waals surface area contributed by atoms with E-state index in [2.05, 4.69) is 10.6 Å². The van der Waals surface area contributed by atoms with Crippen LogP contribution in [0.3, 0.4) is 0 Å². The summed E-state index contributed by atoms with van der Waals surface area (Å²) in [5.74, 6) is 0.318. The number of amides is 1.